The molecule has 23 heavy (non-hydrogen) atoms. The van der Waals surface area contributed by atoms with Crippen LogP contribution in [0.4, 0.5) is 0 Å². The summed E-state index contributed by atoms with van der Waals surface area (Å²) >= 11 is 4.46. The molecule has 0 saturated carbocycles. The Morgan fingerprint density at radius 1 is 0.913 bits per heavy atom. The maximum Gasteiger partial charge on any atom is -0.00572 e. The molecule has 0 amide bonds. The van der Waals surface area contributed by atoms with Crippen molar-refractivity contribution < 1.29 is 0 Å². The second kappa shape index (κ2) is 8.06. The van der Waals surface area contributed by atoms with Gasteiger partial charge in [0.2, 0.25) is 0 Å². The van der Waals surface area contributed by atoms with Gasteiger partial charge in [-0.15, -0.1) is 0 Å². The molecule has 0 aliphatic rings. The van der Waals surface area contributed by atoms with E-state index in [0.717, 1.165) is 18.6 Å². The number of aryl methyl sites for hydroxylation is 1. The molecule has 0 nitrogen and oxygen atoms in total. The summed E-state index contributed by atoms with van der Waals surface area (Å²) in [4.78, 5) is 0. The van der Waals surface area contributed by atoms with Crippen LogP contribution in [0.25, 0.3) is 11.1 Å². The Hall–Kier alpha value is -1.21. The maximum atomic E-state index is 4.46. The van der Waals surface area contributed by atoms with E-state index < -0.39 is 0 Å². The topological polar surface area (TPSA) is 0 Å². The molecule has 0 atom stereocenters. The zero-order chi connectivity index (χ0) is 16.9. The highest BCUT2D eigenvalue weighted by atomic mass is 32.1. The first-order chi connectivity index (χ1) is 11.0. The third kappa shape index (κ3) is 4.64. The smallest absolute Gasteiger partial charge is 0.00572 e. The molecule has 0 aliphatic heterocycles. The Bertz CT molecular complexity index is 611. The van der Waals surface area contributed by atoms with Crippen LogP contribution in [0.3, 0.4) is 0 Å². The highest BCUT2D eigenvalue weighted by Gasteiger charge is 2.23. The van der Waals surface area contributed by atoms with Gasteiger partial charge in [0.1, 0.15) is 0 Å². The Morgan fingerprint density at radius 3 is 2.22 bits per heavy atom. The predicted molar refractivity (Wildman–Crippen MR) is 106 cm³/mol. The van der Waals surface area contributed by atoms with E-state index in [-0.39, 0.29) is 0 Å². The minimum absolute atomic E-state index is 0.363. The van der Waals surface area contributed by atoms with Crippen LogP contribution in [0.2, 0.25) is 0 Å². The molecule has 0 radical (unpaired) electrons. The molecule has 2 rings (SSSR count). The summed E-state index contributed by atoms with van der Waals surface area (Å²) in [7, 11) is 0. The van der Waals surface area contributed by atoms with Gasteiger partial charge in [0.15, 0.2) is 0 Å². The molecule has 0 heterocycles. The lowest BCUT2D eigenvalue weighted by atomic mass is 9.75. The van der Waals surface area contributed by atoms with Crippen molar-refractivity contribution in [1.29, 1.82) is 0 Å². The summed E-state index contributed by atoms with van der Waals surface area (Å²) in [5.41, 5.74) is 6.06. The van der Waals surface area contributed by atoms with Crippen LogP contribution < -0.4 is 0 Å². The van der Waals surface area contributed by atoms with E-state index in [1.165, 1.54) is 28.7 Å². The van der Waals surface area contributed by atoms with Crippen molar-refractivity contribution in [3.05, 3.63) is 59.7 Å². The third-order valence-corrected chi connectivity index (χ3v) is 5.54. The minimum atomic E-state index is 0.363. The molecule has 124 valence electrons. The van der Waals surface area contributed by atoms with Gasteiger partial charge in [-0.3, -0.25) is 0 Å². The molecule has 1 heteroatoms. The molecule has 0 saturated heterocycles. The second-order valence-corrected chi connectivity index (χ2v) is 7.87. The number of hydrogen-bond donors (Lipinski definition) is 1. The van der Waals surface area contributed by atoms with E-state index in [1.807, 2.05) is 0 Å². The lowest BCUT2D eigenvalue weighted by Gasteiger charge is -2.30. The first-order valence-corrected chi connectivity index (χ1v) is 9.36. The van der Waals surface area contributed by atoms with Crippen molar-refractivity contribution in [2.75, 3.05) is 5.75 Å². The predicted octanol–water partition coefficient (Wildman–Crippen LogP) is 6.44. The van der Waals surface area contributed by atoms with Gasteiger partial charge < -0.3 is 0 Å². The number of rotatable bonds is 7. The van der Waals surface area contributed by atoms with Crippen molar-refractivity contribution in [3.63, 3.8) is 0 Å². The van der Waals surface area contributed by atoms with Crippen molar-refractivity contribution >= 4 is 12.6 Å². The van der Waals surface area contributed by atoms with Crippen LogP contribution in [0.15, 0.2) is 48.5 Å². The monoisotopic (exact) mass is 326 g/mol. The van der Waals surface area contributed by atoms with Gasteiger partial charge in [-0.2, -0.15) is 12.6 Å². The zero-order valence-corrected chi connectivity index (χ0v) is 15.9. The summed E-state index contributed by atoms with van der Waals surface area (Å²) in [6, 6.07) is 17.5. The van der Waals surface area contributed by atoms with Crippen LogP contribution in [0, 0.1) is 11.3 Å². The Morgan fingerprint density at radius 2 is 1.61 bits per heavy atom. The van der Waals surface area contributed by atoms with E-state index in [4.69, 9.17) is 0 Å². The number of hydrogen-bond acceptors (Lipinski definition) is 1. The molecule has 0 unspecified atom stereocenters. The van der Waals surface area contributed by atoms with Gasteiger partial charge in [-0.1, -0.05) is 76.2 Å². The first kappa shape index (κ1) is 18.1. The van der Waals surface area contributed by atoms with Crippen molar-refractivity contribution in [2.45, 2.75) is 47.0 Å². The second-order valence-electron chi connectivity index (χ2n) is 7.43. The van der Waals surface area contributed by atoms with Crippen LogP contribution in [-0.2, 0) is 12.8 Å². The van der Waals surface area contributed by atoms with Crippen LogP contribution >= 0.6 is 12.6 Å². The van der Waals surface area contributed by atoms with Crippen LogP contribution in [0.1, 0.15) is 45.2 Å². The fourth-order valence-corrected chi connectivity index (χ4v) is 3.15. The summed E-state index contributed by atoms with van der Waals surface area (Å²) < 4.78 is 0. The molecule has 0 fully saturated rings. The third-order valence-electron chi connectivity index (χ3n) is 5.32. The normalized spacial score (nSPS) is 11.9. The van der Waals surface area contributed by atoms with E-state index in [0.29, 0.717) is 11.3 Å². The van der Waals surface area contributed by atoms with Gasteiger partial charge in [-0.25, -0.2) is 0 Å². The molecule has 0 N–H and O–H groups in total. The Balaban J connectivity index is 2.38. The standard InChI is InChI=1S/C22H30S/c1-17(2)22(3,4)15-13-21-19(14-16-23)11-8-12-20(21)18-9-6-5-7-10-18/h5-12,17,23H,13-16H2,1-4H3. The van der Waals surface area contributed by atoms with E-state index in [1.54, 1.807) is 0 Å². The lowest BCUT2D eigenvalue weighted by Crippen LogP contribution is -2.20. The highest BCUT2D eigenvalue weighted by molar-refractivity contribution is 7.80. The molecule has 2 aromatic rings. The summed E-state index contributed by atoms with van der Waals surface area (Å²) in [6.45, 7) is 9.44. The molecular formula is C22H30S. The van der Waals surface area contributed by atoms with Gasteiger partial charge in [0, 0.05) is 0 Å². The molecule has 0 aliphatic carbocycles. The van der Waals surface area contributed by atoms with Gasteiger partial charge in [-0.05, 0) is 58.6 Å². The number of benzene rings is 2. The lowest BCUT2D eigenvalue weighted by molar-refractivity contribution is 0.229. The number of thiol groups is 1. The van der Waals surface area contributed by atoms with Gasteiger partial charge >= 0.3 is 0 Å². The minimum Gasteiger partial charge on any atom is -0.179 e. The highest BCUT2D eigenvalue weighted by Crippen LogP contribution is 2.35. The Kier molecular flexibility index (Phi) is 6.35. The molecule has 0 spiro atoms. The molecular weight excluding hydrogens is 296 g/mol. The summed E-state index contributed by atoms with van der Waals surface area (Å²) in [6.07, 6.45) is 3.40. The molecule has 0 aromatic heterocycles. The summed E-state index contributed by atoms with van der Waals surface area (Å²) in [5.74, 6) is 1.60. The maximum absolute atomic E-state index is 4.46. The first-order valence-electron chi connectivity index (χ1n) is 8.72. The molecule has 2 aromatic carbocycles. The van der Waals surface area contributed by atoms with Gasteiger partial charge in [0.25, 0.3) is 0 Å². The Labute approximate surface area is 147 Å². The van der Waals surface area contributed by atoms with Crippen LogP contribution in [0.5, 0.6) is 0 Å². The van der Waals surface area contributed by atoms with E-state index >= 15 is 0 Å². The summed E-state index contributed by atoms with van der Waals surface area (Å²) in [5, 5.41) is 0. The van der Waals surface area contributed by atoms with E-state index in [9.17, 15) is 0 Å². The average molecular weight is 327 g/mol. The fraction of sp³-hybridized carbons (Fsp3) is 0.455. The van der Waals surface area contributed by atoms with E-state index in [2.05, 4.69) is 88.9 Å². The van der Waals surface area contributed by atoms with Crippen molar-refractivity contribution in [1.82, 2.24) is 0 Å². The fourth-order valence-electron chi connectivity index (χ4n) is 2.91. The SMILES string of the molecule is CC(C)C(C)(C)CCc1c(CCS)cccc1-c1ccccc1. The quantitative estimate of drug-likeness (QED) is 0.556. The molecule has 0 bridgehead atoms. The van der Waals surface area contributed by atoms with Gasteiger partial charge in [0.05, 0.1) is 0 Å². The average Bonchev–Trinajstić information content (AvgIpc) is 2.54. The largest absolute Gasteiger partial charge is 0.179 e. The zero-order valence-electron chi connectivity index (χ0n) is 15.0. The van der Waals surface area contributed by atoms with Crippen LogP contribution in [-0.4, -0.2) is 5.75 Å². The van der Waals surface area contributed by atoms with Crippen molar-refractivity contribution in [3.8, 4) is 11.1 Å². The van der Waals surface area contributed by atoms with Crippen molar-refractivity contribution in [2.24, 2.45) is 11.3 Å².